The maximum absolute atomic E-state index is 6.93. The highest BCUT2D eigenvalue weighted by Gasteiger charge is 2.50. The molecule has 1 saturated heterocycles. The van der Waals surface area contributed by atoms with Crippen LogP contribution < -0.4 is 5.73 Å². The Bertz CT molecular complexity index is 514. The summed E-state index contributed by atoms with van der Waals surface area (Å²) in [5.41, 5.74) is 7.58. The Kier molecular flexibility index (Phi) is 6.33. The molecule has 164 valence electrons. The summed E-state index contributed by atoms with van der Waals surface area (Å²) >= 11 is 0. The molecule has 3 heteroatoms. The van der Waals surface area contributed by atoms with Gasteiger partial charge in [0.15, 0.2) is 0 Å². The van der Waals surface area contributed by atoms with Crippen LogP contribution in [0.4, 0.5) is 0 Å². The highest BCUT2D eigenvalue weighted by Crippen LogP contribution is 2.59. The molecule has 0 aromatic carbocycles. The average molecular weight is 392 g/mol. The van der Waals surface area contributed by atoms with E-state index in [-0.39, 0.29) is 5.66 Å². The predicted molar refractivity (Wildman–Crippen MR) is 121 cm³/mol. The molecule has 0 amide bonds. The fourth-order valence-electron chi connectivity index (χ4n) is 6.83. The smallest absolute Gasteiger partial charge is 0.0664 e. The zero-order valence-electron chi connectivity index (χ0n) is 20.2. The lowest BCUT2D eigenvalue weighted by molar-refractivity contribution is 0.00843. The van der Waals surface area contributed by atoms with Crippen molar-refractivity contribution in [1.82, 2.24) is 9.80 Å². The van der Waals surface area contributed by atoms with Gasteiger partial charge in [0.1, 0.15) is 0 Å². The van der Waals surface area contributed by atoms with Crippen LogP contribution in [0.5, 0.6) is 0 Å². The minimum absolute atomic E-state index is 0.176. The Hall–Kier alpha value is -0.120. The second-order valence-corrected chi connectivity index (χ2v) is 12.6. The topological polar surface area (TPSA) is 32.5 Å². The Morgan fingerprint density at radius 3 is 1.75 bits per heavy atom. The lowest BCUT2D eigenvalue weighted by atomic mass is 9.67. The van der Waals surface area contributed by atoms with Crippen molar-refractivity contribution in [3.8, 4) is 0 Å². The van der Waals surface area contributed by atoms with Crippen molar-refractivity contribution in [2.75, 3.05) is 33.2 Å². The van der Waals surface area contributed by atoms with Gasteiger partial charge >= 0.3 is 0 Å². The van der Waals surface area contributed by atoms with Gasteiger partial charge in [-0.2, -0.15) is 0 Å². The third-order valence-electron chi connectivity index (χ3n) is 9.70. The van der Waals surface area contributed by atoms with E-state index in [0.29, 0.717) is 10.8 Å². The molecule has 1 aliphatic heterocycles. The van der Waals surface area contributed by atoms with E-state index >= 15 is 0 Å². The Balaban J connectivity index is 1.58. The molecule has 3 nitrogen and oxygen atoms in total. The van der Waals surface area contributed by atoms with E-state index in [9.17, 15) is 0 Å². The molecule has 3 unspecified atom stereocenters. The maximum Gasteiger partial charge on any atom is 0.0664 e. The van der Waals surface area contributed by atoms with Crippen molar-refractivity contribution in [3.05, 3.63) is 0 Å². The first kappa shape index (κ1) is 22.6. The van der Waals surface area contributed by atoms with Crippen LogP contribution in [-0.4, -0.2) is 48.7 Å². The zero-order valence-corrected chi connectivity index (χ0v) is 20.2. The molecule has 1 heterocycles. The molecule has 0 bridgehead atoms. The third-order valence-corrected chi connectivity index (χ3v) is 9.70. The molecule has 2 aliphatic carbocycles. The number of nitrogens with zero attached hydrogens (tertiary/aromatic N) is 2. The van der Waals surface area contributed by atoms with Crippen LogP contribution in [0, 0.1) is 40.4 Å². The van der Waals surface area contributed by atoms with Crippen LogP contribution in [0.3, 0.4) is 0 Å². The molecular weight excluding hydrogens is 342 g/mol. The maximum atomic E-state index is 6.93. The highest BCUT2D eigenvalue weighted by molar-refractivity contribution is 5.01. The Morgan fingerprint density at radius 2 is 1.29 bits per heavy atom. The SMILES string of the molecule is CC(C)C(C)(C)C1CC2CC(C(C)(C)CC(C)(N)N3CCN(C)CC3)CC2C1. The summed E-state index contributed by atoms with van der Waals surface area (Å²) in [6, 6.07) is 0. The number of hydrogen-bond donors (Lipinski definition) is 1. The van der Waals surface area contributed by atoms with E-state index in [1.807, 2.05) is 0 Å². The van der Waals surface area contributed by atoms with Crippen LogP contribution in [0.25, 0.3) is 0 Å². The third kappa shape index (κ3) is 4.47. The molecule has 3 fully saturated rings. The molecule has 2 N–H and O–H groups in total. The molecule has 3 aliphatic rings. The number of nitrogens with two attached hydrogens (primary N) is 1. The first-order valence-electron chi connectivity index (χ1n) is 12.1. The minimum atomic E-state index is -0.176. The summed E-state index contributed by atoms with van der Waals surface area (Å²) in [7, 11) is 2.22. The van der Waals surface area contributed by atoms with Crippen molar-refractivity contribution >= 4 is 0 Å². The predicted octanol–water partition coefficient (Wildman–Crippen LogP) is 5.06. The van der Waals surface area contributed by atoms with Crippen molar-refractivity contribution in [1.29, 1.82) is 0 Å². The average Bonchev–Trinajstić information content (AvgIpc) is 3.13. The Labute approximate surface area is 175 Å². The quantitative estimate of drug-likeness (QED) is 0.687. The van der Waals surface area contributed by atoms with Gasteiger partial charge in [-0.25, -0.2) is 0 Å². The molecule has 0 radical (unpaired) electrons. The standard InChI is InChI=1S/C25H49N3/c1-18(2)24(5,6)22-15-19-13-21(14-20(19)16-22)23(3,4)17-25(7,26)28-11-9-27(8)10-12-28/h18-22H,9-17,26H2,1-8H3. The van der Waals surface area contributed by atoms with E-state index in [1.165, 1.54) is 25.7 Å². The van der Waals surface area contributed by atoms with Gasteiger partial charge in [-0.15, -0.1) is 0 Å². The van der Waals surface area contributed by atoms with Crippen molar-refractivity contribution < 1.29 is 0 Å². The fraction of sp³-hybridized carbons (Fsp3) is 1.00. The largest absolute Gasteiger partial charge is 0.313 e. The van der Waals surface area contributed by atoms with Gasteiger partial charge in [0, 0.05) is 26.2 Å². The number of likely N-dealkylation sites (N-methyl/N-ethyl adjacent to an activating group) is 1. The van der Waals surface area contributed by atoms with Crippen LogP contribution in [0.1, 0.15) is 80.6 Å². The van der Waals surface area contributed by atoms with Gasteiger partial charge < -0.3 is 10.6 Å². The summed E-state index contributed by atoms with van der Waals surface area (Å²) < 4.78 is 0. The van der Waals surface area contributed by atoms with Gasteiger partial charge in [0.05, 0.1) is 5.66 Å². The Morgan fingerprint density at radius 1 is 0.821 bits per heavy atom. The normalized spacial score (nSPS) is 35.4. The monoisotopic (exact) mass is 391 g/mol. The van der Waals surface area contributed by atoms with E-state index in [0.717, 1.165) is 62.2 Å². The molecule has 3 atom stereocenters. The van der Waals surface area contributed by atoms with E-state index in [1.54, 1.807) is 0 Å². The van der Waals surface area contributed by atoms with Crippen LogP contribution in [0.2, 0.25) is 0 Å². The van der Waals surface area contributed by atoms with E-state index in [4.69, 9.17) is 5.73 Å². The van der Waals surface area contributed by atoms with Gasteiger partial charge in [-0.1, -0.05) is 41.5 Å². The van der Waals surface area contributed by atoms with Crippen LogP contribution in [-0.2, 0) is 0 Å². The summed E-state index contributed by atoms with van der Waals surface area (Å²) in [4.78, 5) is 4.97. The zero-order chi connectivity index (χ0) is 20.9. The molecule has 0 spiro atoms. The second-order valence-electron chi connectivity index (χ2n) is 12.6. The molecule has 2 saturated carbocycles. The fourth-order valence-corrected chi connectivity index (χ4v) is 6.83. The van der Waals surface area contributed by atoms with Crippen LogP contribution >= 0.6 is 0 Å². The number of hydrogen-bond acceptors (Lipinski definition) is 3. The van der Waals surface area contributed by atoms with Gasteiger partial charge in [0.2, 0.25) is 0 Å². The molecular formula is C25H49N3. The molecule has 3 rings (SSSR count). The second kappa shape index (κ2) is 7.85. The summed E-state index contributed by atoms with van der Waals surface area (Å²) in [6.07, 6.45) is 6.96. The van der Waals surface area contributed by atoms with Crippen molar-refractivity contribution in [2.45, 2.75) is 86.2 Å². The summed E-state index contributed by atoms with van der Waals surface area (Å²) in [5, 5.41) is 0. The lowest BCUT2D eigenvalue weighted by Gasteiger charge is -2.48. The van der Waals surface area contributed by atoms with Crippen molar-refractivity contribution in [3.63, 3.8) is 0 Å². The molecule has 0 aromatic heterocycles. The summed E-state index contributed by atoms with van der Waals surface area (Å²) in [5.74, 6) is 4.50. The van der Waals surface area contributed by atoms with Crippen LogP contribution in [0.15, 0.2) is 0 Å². The first-order chi connectivity index (χ1) is 12.8. The number of fused-ring (bicyclic) bond motifs is 1. The number of rotatable bonds is 6. The first-order valence-corrected chi connectivity index (χ1v) is 12.1. The van der Waals surface area contributed by atoms with Gasteiger partial charge in [-0.05, 0) is 86.5 Å². The van der Waals surface area contributed by atoms with Crippen molar-refractivity contribution in [2.24, 2.45) is 46.2 Å². The van der Waals surface area contributed by atoms with Gasteiger partial charge in [-0.3, -0.25) is 4.90 Å². The summed E-state index contributed by atoms with van der Waals surface area (Å²) in [6.45, 7) is 21.7. The van der Waals surface area contributed by atoms with E-state index in [2.05, 4.69) is 65.3 Å². The molecule has 0 aromatic rings. The number of piperazine rings is 1. The minimum Gasteiger partial charge on any atom is -0.313 e. The van der Waals surface area contributed by atoms with E-state index < -0.39 is 0 Å². The lowest BCUT2D eigenvalue weighted by Crippen LogP contribution is -2.61. The highest BCUT2D eigenvalue weighted by atomic mass is 15.3. The van der Waals surface area contributed by atoms with Gasteiger partial charge in [0.25, 0.3) is 0 Å². The molecule has 28 heavy (non-hydrogen) atoms.